The first kappa shape index (κ1) is 19.7. The van der Waals surface area contributed by atoms with E-state index in [2.05, 4.69) is 10.6 Å². The topological polar surface area (TPSA) is 70.7 Å². The zero-order valence-electron chi connectivity index (χ0n) is 16.5. The molecule has 0 aliphatic carbocycles. The fourth-order valence-corrected chi connectivity index (χ4v) is 3.35. The lowest BCUT2D eigenvalue weighted by Gasteiger charge is -2.16. The first-order valence-corrected chi connectivity index (χ1v) is 9.82. The van der Waals surface area contributed by atoms with Gasteiger partial charge in [0, 0.05) is 24.5 Å². The monoisotopic (exact) mass is 401 g/mol. The van der Waals surface area contributed by atoms with Crippen LogP contribution in [0.5, 0.6) is 0 Å². The van der Waals surface area contributed by atoms with E-state index in [0.717, 1.165) is 5.56 Å². The van der Waals surface area contributed by atoms with E-state index in [-0.39, 0.29) is 18.5 Å². The van der Waals surface area contributed by atoms with Crippen molar-refractivity contribution in [3.05, 3.63) is 95.6 Å². The number of ether oxygens (including phenoxy) is 1. The quantitative estimate of drug-likeness (QED) is 0.644. The average Bonchev–Trinajstić information content (AvgIpc) is 3.20. The maximum atomic E-state index is 12.5. The molecule has 0 atom stereocenters. The molecule has 0 saturated heterocycles. The summed E-state index contributed by atoms with van der Waals surface area (Å²) in [5.74, 6) is -0.224. The molecule has 3 aromatic rings. The van der Waals surface area contributed by atoms with Crippen LogP contribution in [0.1, 0.15) is 16.7 Å². The minimum atomic E-state index is -0.224. The Morgan fingerprint density at radius 1 is 0.767 bits per heavy atom. The predicted molar refractivity (Wildman–Crippen MR) is 116 cm³/mol. The number of carbonyl (C=O) groups excluding carboxylic acids is 2. The first-order valence-electron chi connectivity index (χ1n) is 9.82. The Hall–Kier alpha value is -3.64. The Morgan fingerprint density at radius 2 is 1.33 bits per heavy atom. The van der Waals surface area contributed by atoms with Crippen LogP contribution in [0.15, 0.2) is 78.9 Å². The van der Waals surface area contributed by atoms with Gasteiger partial charge in [0.25, 0.3) is 0 Å². The van der Waals surface area contributed by atoms with Gasteiger partial charge >= 0.3 is 6.03 Å². The number of rotatable bonds is 6. The van der Waals surface area contributed by atoms with Gasteiger partial charge in [0.15, 0.2) is 0 Å². The highest BCUT2D eigenvalue weighted by Gasteiger charge is 2.22. The second-order valence-electron chi connectivity index (χ2n) is 7.16. The number of urea groups is 1. The fraction of sp³-hybridized carbons (Fsp3) is 0.167. The molecule has 152 valence electrons. The Labute approximate surface area is 175 Å². The highest BCUT2D eigenvalue weighted by molar-refractivity contribution is 5.93. The molecule has 1 aliphatic rings. The lowest BCUT2D eigenvalue weighted by atomic mass is 10.1. The normalized spacial score (nSPS) is 12.3. The molecular weight excluding hydrogens is 378 g/mol. The molecule has 0 spiro atoms. The second kappa shape index (κ2) is 9.24. The SMILES string of the molecule is O=C(COCc1ccccc1)Nc1ccc(NC(=O)N2Cc3ccccc3C2)cc1. The van der Waals surface area contributed by atoms with E-state index in [4.69, 9.17) is 4.74 Å². The van der Waals surface area contributed by atoms with Crippen LogP contribution in [-0.4, -0.2) is 23.4 Å². The van der Waals surface area contributed by atoms with Gasteiger partial charge in [0.2, 0.25) is 5.91 Å². The van der Waals surface area contributed by atoms with Crippen LogP contribution in [0.4, 0.5) is 16.2 Å². The first-order chi connectivity index (χ1) is 14.7. The molecule has 0 bridgehead atoms. The number of nitrogens with zero attached hydrogens (tertiary/aromatic N) is 1. The number of benzene rings is 3. The van der Waals surface area contributed by atoms with Crippen molar-refractivity contribution in [2.45, 2.75) is 19.7 Å². The number of fused-ring (bicyclic) bond motifs is 1. The minimum absolute atomic E-state index is 0.0249. The van der Waals surface area contributed by atoms with Gasteiger partial charge in [-0.05, 0) is 41.0 Å². The number of nitrogens with one attached hydrogen (secondary N) is 2. The largest absolute Gasteiger partial charge is 0.367 e. The molecule has 6 heteroatoms. The third-order valence-electron chi connectivity index (χ3n) is 4.89. The van der Waals surface area contributed by atoms with Gasteiger partial charge in [-0.3, -0.25) is 4.79 Å². The van der Waals surface area contributed by atoms with Crippen molar-refractivity contribution >= 4 is 23.3 Å². The molecule has 3 amide bonds. The van der Waals surface area contributed by atoms with Gasteiger partial charge in [-0.2, -0.15) is 0 Å². The molecule has 30 heavy (non-hydrogen) atoms. The van der Waals surface area contributed by atoms with Crippen LogP contribution < -0.4 is 10.6 Å². The van der Waals surface area contributed by atoms with Gasteiger partial charge < -0.3 is 20.3 Å². The summed E-state index contributed by atoms with van der Waals surface area (Å²) in [6.45, 7) is 1.58. The Balaban J connectivity index is 1.23. The summed E-state index contributed by atoms with van der Waals surface area (Å²) in [7, 11) is 0. The van der Waals surface area contributed by atoms with E-state index in [1.807, 2.05) is 54.6 Å². The standard InChI is InChI=1S/C24H23N3O3/c28-23(17-30-16-18-6-2-1-3-7-18)25-21-10-12-22(13-11-21)26-24(29)27-14-19-8-4-5-9-20(19)15-27/h1-13H,14-17H2,(H,25,28)(H,26,29). The van der Waals surface area contributed by atoms with Crippen molar-refractivity contribution < 1.29 is 14.3 Å². The maximum absolute atomic E-state index is 12.5. The molecular formula is C24H23N3O3. The molecule has 4 rings (SSSR count). The number of anilines is 2. The molecule has 6 nitrogen and oxygen atoms in total. The van der Waals surface area contributed by atoms with Crippen LogP contribution in [0.2, 0.25) is 0 Å². The van der Waals surface area contributed by atoms with Crippen LogP contribution in [0.25, 0.3) is 0 Å². The minimum Gasteiger partial charge on any atom is -0.367 e. The number of carbonyl (C=O) groups is 2. The van der Waals surface area contributed by atoms with E-state index in [1.165, 1.54) is 11.1 Å². The van der Waals surface area contributed by atoms with E-state index in [0.29, 0.717) is 31.1 Å². The van der Waals surface area contributed by atoms with Crippen molar-refractivity contribution in [1.29, 1.82) is 0 Å². The molecule has 3 aromatic carbocycles. The third kappa shape index (κ3) is 5.04. The van der Waals surface area contributed by atoms with Gasteiger partial charge in [-0.25, -0.2) is 4.79 Å². The summed E-state index contributed by atoms with van der Waals surface area (Å²) in [4.78, 5) is 26.3. The lowest BCUT2D eigenvalue weighted by Crippen LogP contribution is -2.30. The molecule has 0 radical (unpaired) electrons. The third-order valence-corrected chi connectivity index (χ3v) is 4.89. The second-order valence-corrected chi connectivity index (χ2v) is 7.16. The van der Waals surface area contributed by atoms with Gasteiger partial charge in [0.05, 0.1) is 6.61 Å². The van der Waals surface area contributed by atoms with E-state index < -0.39 is 0 Å². The highest BCUT2D eigenvalue weighted by Crippen LogP contribution is 2.23. The van der Waals surface area contributed by atoms with Crippen LogP contribution in [0, 0.1) is 0 Å². The highest BCUT2D eigenvalue weighted by atomic mass is 16.5. The fourth-order valence-electron chi connectivity index (χ4n) is 3.35. The Morgan fingerprint density at radius 3 is 1.97 bits per heavy atom. The summed E-state index contributed by atoms with van der Waals surface area (Å²) >= 11 is 0. The van der Waals surface area contributed by atoms with Crippen molar-refractivity contribution in [2.24, 2.45) is 0 Å². The molecule has 0 fully saturated rings. The van der Waals surface area contributed by atoms with Crippen LogP contribution >= 0.6 is 0 Å². The van der Waals surface area contributed by atoms with E-state index in [9.17, 15) is 9.59 Å². The number of hydrogen-bond acceptors (Lipinski definition) is 3. The maximum Gasteiger partial charge on any atom is 0.322 e. The summed E-state index contributed by atoms with van der Waals surface area (Å²) in [6.07, 6.45) is 0. The average molecular weight is 401 g/mol. The summed E-state index contributed by atoms with van der Waals surface area (Å²) in [5, 5.41) is 5.69. The molecule has 0 aromatic heterocycles. The molecule has 1 aliphatic heterocycles. The van der Waals surface area contributed by atoms with E-state index >= 15 is 0 Å². The van der Waals surface area contributed by atoms with Crippen molar-refractivity contribution in [2.75, 3.05) is 17.2 Å². The molecule has 2 N–H and O–H groups in total. The van der Waals surface area contributed by atoms with Crippen molar-refractivity contribution in [3.8, 4) is 0 Å². The summed E-state index contributed by atoms with van der Waals surface area (Å²) in [6, 6.07) is 24.7. The Bertz CT molecular complexity index is 994. The lowest BCUT2D eigenvalue weighted by molar-refractivity contribution is -0.121. The van der Waals surface area contributed by atoms with Gasteiger partial charge in [0.1, 0.15) is 6.61 Å². The van der Waals surface area contributed by atoms with Crippen molar-refractivity contribution in [3.63, 3.8) is 0 Å². The molecule has 0 unspecified atom stereocenters. The molecule has 1 heterocycles. The van der Waals surface area contributed by atoms with Gasteiger partial charge in [-0.1, -0.05) is 54.6 Å². The number of amides is 3. The zero-order chi connectivity index (χ0) is 20.8. The number of hydrogen-bond donors (Lipinski definition) is 2. The van der Waals surface area contributed by atoms with Crippen molar-refractivity contribution in [1.82, 2.24) is 4.90 Å². The Kier molecular flexibility index (Phi) is 6.06. The zero-order valence-corrected chi connectivity index (χ0v) is 16.5. The van der Waals surface area contributed by atoms with Crippen LogP contribution in [0.3, 0.4) is 0 Å². The summed E-state index contributed by atoms with van der Waals surface area (Å²) < 4.78 is 5.44. The van der Waals surface area contributed by atoms with Gasteiger partial charge in [-0.15, -0.1) is 0 Å². The smallest absolute Gasteiger partial charge is 0.322 e. The molecule has 0 saturated carbocycles. The summed E-state index contributed by atoms with van der Waals surface area (Å²) in [5.41, 5.74) is 4.70. The van der Waals surface area contributed by atoms with Crippen LogP contribution in [-0.2, 0) is 29.2 Å². The predicted octanol–water partition coefficient (Wildman–Crippen LogP) is 4.39. The van der Waals surface area contributed by atoms with E-state index in [1.54, 1.807) is 29.2 Å².